The van der Waals surface area contributed by atoms with E-state index in [1.54, 1.807) is 0 Å². The molecule has 0 aliphatic rings. The van der Waals surface area contributed by atoms with Gasteiger partial charge in [-0.25, -0.2) is 0 Å². The van der Waals surface area contributed by atoms with Gasteiger partial charge in [0.2, 0.25) is 11.8 Å². The molecule has 0 fully saturated rings. The van der Waals surface area contributed by atoms with Crippen molar-refractivity contribution in [2.75, 3.05) is 0 Å². The van der Waals surface area contributed by atoms with Gasteiger partial charge in [-0.2, -0.15) is 0 Å². The Kier molecular flexibility index (Phi) is 5.28. The number of carbonyl (C=O) groups is 2. The van der Waals surface area contributed by atoms with E-state index in [1.807, 2.05) is 6.92 Å². The standard InChI is InChI=1S/C8H16N2O2/c1-3-4-5-7(9)8(12)10-6(2)11/h7H,3-5,9H2,1-2H3,(H,10,11,12). The molecule has 2 amide bonds. The van der Waals surface area contributed by atoms with Crippen LogP contribution in [0.15, 0.2) is 0 Å². The molecule has 1 atom stereocenters. The Balaban J connectivity index is 3.69. The highest BCUT2D eigenvalue weighted by Gasteiger charge is 2.12. The molecule has 0 spiro atoms. The van der Waals surface area contributed by atoms with E-state index in [-0.39, 0.29) is 11.8 Å². The lowest BCUT2D eigenvalue weighted by molar-refractivity contribution is -0.130. The summed E-state index contributed by atoms with van der Waals surface area (Å²) in [6.07, 6.45) is 2.54. The van der Waals surface area contributed by atoms with Crippen LogP contribution in [0.25, 0.3) is 0 Å². The molecule has 0 aliphatic carbocycles. The van der Waals surface area contributed by atoms with Crippen molar-refractivity contribution >= 4 is 11.8 Å². The van der Waals surface area contributed by atoms with Crippen LogP contribution in [-0.2, 0) is 9.59 Å². The number of hydrogen-bond donors (Lipinski definition) is 2. The quantitative estimate of drug-likeness (QED) is 0.634. The monoisotopic (exact) mass is 172 g/mol. The highest BCUT2D eigenvalue weighted by Crippen LogP contribution is 1.97. The lowest BCUT2D eigenvalue weighted by atomic mass is 10.1. The van der Waals surface area contributed by atoms with Crippen LogP contribution in [0.1, 0.15) is 33.1 Å². The van der Waals surface area contributed by atoms with Crippen LogP contribution < -0.4 is 11.1 Å². The number of imide groups is 1. The predicted molar refractivity (Wildman–Crippen MR) is 46.3 cm³/mol. The fraction of sp³-hybridized carbons (Fsp3) is 0.750. The van der Waals surface area contributed by atoms with Crippen LogP contribution in [0.2, 0.25) is 0 Å². The summed E-state index contributed by atoms with van der Waals surface area (Å²) >= 11 is 0. The first kappa shape index (κ1) is 11.1. The molecule has 4 nitrogen and oxygen atoms in total. The summed E-state index contributed by atoms with van der Waals surface area (Å²) in [4.78, 5) is 21.4. The van der Waals surface area contributed by atoms with Crippen LogP contribution in [0.4, 0.5) is 0 Å². The predicted octanol–water partition coefficient (Wildman–Crippen LogP) is 0.167. The van der Waals surface area contributed by atoms with Gasteiger partial charge >= 0.3 is 0 Å². The molecule has 0 aliphatic heterocycles. The fourth-order valence-electron chi connectivity index (χ4n) is 0.821. The molecule has 0 heterocycles. The van der Waals surface area contributed by atoms with Crippen molar-refractivity contribution in [1.82, 2.24) is 5.32 Å². The second kappa shape index (κ2) is 5.71. The smallest absolute Gasteiger partial charge is 0.243 e. The summed E-state index contributed by atoms with van der Waals surface area (Å²) in [5, 5.41) is 2.15. The van der Waals surface area contributed by atoms with E-state index in [0.717, 1.165) is 12.8 Å². The van der Waals surface area contributed by atoms with Crippen molar-refractivity contribution in [1.29, 1.82) is 0 Å². The SMILES string of the molecule is CCCCC(N)C(=O)NC(C)=O. The molecule has 70 valence electrons. The summed E-state index contributed by atoms with van der Waals surface area (Å²) in [5.74, 6) is -0.733. The van der Waals surface area contributed by atoms with Crippen molar-refractivity contribution in [3.05, 3.63) is 0 Å². The second-order valence-corrected chi connectivity index (χ2v) is 2.79. The number of hydrogen-bond acceptors (Lipinski definition) is 3. The van der Waals surface area contributed by atoms with Gasteiger partial charge in [0, 0.05) is 6.92 Å². The topological polar surface area (TPSA) is 72.2 Å². The molecule has 0 rings (SSSR count). The molecule has 0 aromatic heterocycles. The van der Waals surface area contributed by atoms with Gasteiger partial charge in [0.05, 0.1) is 6.04 Å². The normalized spacial score (nSPS) is 12.2. The van der Waals surface area contributed by atoms with E-state index in [4.69, 9.17) is 5.73 Å². The summed E-state index contributed by atoms with van der Waals surface area (Å²) in [6, 6.07) is -0.547. The Morgan fingerprint density at radius 3 is 2.50 bits per heavy atom. The maximum Gasteiger partial charge on any atom is 0.243 e. The van der Waals surface area contributed by atoms with Gasteiger partial charge in [-0.1, -0.05) is 19.8 Å². The molecule has 4 heteroatoms. The first-order valence-electron chi connectivity index (χ1n) is 4.15. The van der Waals surface area contributed by atoms with Crippen molar-refractivity contribution in [3.8, 4) is 0 Å². The van der Waals surface area contributed by atoms with Crippen LogP contribution in [0.3, 0.4) is 0 Å². The zero-order valence-electron chi connectivity index (χ0n) is 7.59. The Hall–Kier alpha value is -0.900. The Bertz CT molecular complexity index is 168. The average Bonchev–Trinajstić information content (AvgIpc) is 1.98. The third-order valence-corrected chi connectivity index (χ3v) is 1.50. The van der Waals surface area contributed by atoms with Gasteiger partial charge < -0.3 is 5.73 Å². The van der Waals surface area contributed by atoms with E-state index < -0.39 is 6.04 Å². The van der Waals surface area contributed by atoms with Crippen molar-refractivity contribution in [3.63, 3.8) is 0 Å². The Morgan fingerprint density at radius 2 is 2.08 bits per heavy atom. The summed E-state index contributed by atoms with van der Waals surface area (Å²) in [5.41, 5.74) is 5.49. The zero-order chi connectivity index (χ0) is 9.56. The van der Waals surface area contributed by atoms with Crippen LogP contribution in [-0.4, -0.2) is 17.9 Å². The minimum atomic E-state index is -0.547. The molecular formula is C8H16N2O2. The average molecular weight is 172 g/mol. The van der Waals surface area contributed by atoms with Gasteiger partial charge in [0.1, 0.15) is 0 Å². The van der Waals surface area contributed by atoms with E-state index >= 15 is 0 Å². The molecule has 0 saturated carbocycles. The molecule has 3 N–H and O–H groups in total. The molecule has 0 saturated heterocycles. The van der Waals surface area contributed by atoms with E-state index in [9.17, 15) is 9.59 Å². The van der Waals surface area contributed by atoms with Crippen molar-refractivity contribution in [2.24, 2.45) is 5.73 Å². The lowest BCUT2D eigenvalue weighted by Crippen LogP contribution is -2.42. The highest BCUT2D eigenvalue weighted by molar-refractivity contribution is 5.96. The van der Waals surface area contributed by atoms with Crippen LogP contribution in [0.5, 0.6) is 0 Å². The van der Waals surface area contributed by atoms with Crippen LogP contribution in [0, 0.1) is 0 Å². The number of nitrogens with one attached hydrogen (secondary N) is 1. The maximum absolute atomic E-state index is 11.0. The fourth-order valence-corrected chi connectivity index (χ4v) is 0.821. The maximum atomic E-state index is 11.0. The number of carbonyl (C=O) groups excluding carboxylic acids is 2. The number of amides is 2. The molecule has 0 radical (unpaired) electrons. The van der Waals surface area contributed by atoms with Crippen molar-refractivity contribution < 1.29 is 9.59 Å². The lowest BCUT2D eigenvalue weighted by Gasteiger charge is -2.08. The minimum absolute atomic E-state index is 0.355. The minimum Gasteiger partial charge on any atom is -0.320 e. The third-order valence-electron chi connectivity index (χ3n) is 1.50. The Morgan fingerprint density at radius 1 is 1.50 bits per heavy atom. The van der Waals surface area contributed by atoms with E-state index in [0.29, 0.717) is 6.42 Å². The van der Waals surface area contributed by atoms with Crippen LogP contribution >= 0.6 is 0 Å². The molecule has 1 unspecified atom stereocenters. The summed E-state index contributed by atoms with van der Waals surface area (Å²) in [7, 11) is 0. The first-order valence-corrected chi connectivity index (χ1v) is 4.15. The van der Waals surface area contributed by atoms with E-state index in [2.05, 4.69) is 5.32 Å². The van der Waals surface area contributed by atoms with Gasteiger partial charge in [-0.15, -0.1) is 0 Å². The molecule has 0 aromatic rings. The Labute approximate surface area is 72.5 Å². The van der Waals surface area contributed by atoms with Gasteiger partial charge in [-0.3, -0.25) is 14.9 Å². The van der Waals surface area contributed by atoms with Gasteiger partial charge in [-0.05, 0) is 6.42 Å². The van der Waals surface area contributed by atoms with Crippen molar-refractivity contribution in [2.45, 2.75) is 39.2 Å². The molecular weight excluding hydrogens is 156 g/mol. The largest absolute Gasteiger partial charge is 0.320 e. The number of unbranched alkanes of at least 4 members (excludes halogenated alkanes) is 1. The molecule has 12 heavy (non-hydrogen) atoms. The zero-order valence-corrected chi connectivity index (χ0v) is 7.59. The molecule has 0 bridgehead atoms. The van der Waals surface area contributed by atoms with Gasteiger partial charge in [0.25, 0.3) is 0 Å². The van der Waals surface area contributed by atoms with Gasteiger partial charge in [0.15, 0.2) is 0 Å². The third kappa shape index (κ3) is 4.85. The highest BCUT2D eigenvalue weighted by atomic mass is 16.2. The second-order valence-electron chi connectivity index (χ2n) is 2.79. The summed E-state index contributed by atoms with van der Waals surface area (Å²) in [6.45, 7) is 3.32. The molecule has 0 aromatic carbocycles. The van der Waals surface area contributed by atoms with E-state index in [1.165, 1.54) is 6.92 Å². The number of rotatable bonds is 4. The summed E-state index contributed by atoms with van der Waals surface area (Å²) < 4.78 is 0. The number of nitrogens with two attached hydrogens (primary N) is 1. The first-order chi connectivity index (χ1) is 5.57.